The second-order valence-corrected chi connectivity index (χ2v) is 5.92. The van der Waals surface area contributed by atoms with Crippen molar-refractivity contribution in [3.05, 3.63) is 27.7 Å². The summed E-state index contributed by atoms with van der Waals surface area (Å²) in [6, 6.07) is 3.81. The molecule has 2 unspecified atom stereocenters. The standard InChI is InChI=1S/C14H19BrN2O2/c1-8-12(5-9(15)6-13(8)16)14(18)17-10-3-4-11(7-10)19-2/h5-6,10-11H,3-4,7,16H2,1-2H3,(H,17,18). The number of rotatable bonds is 3. The van der Waals surface area contributed by atoms with Crippen molar-refractivity contribution in [1.82, 2.24) is 5.32 Å². The van der Waals surface area contributed by atoms with Crippen LogP contribution in [0.15, 0.2) is 16.6 Å². The molecule has 0 spiro atoms. The first-order valence-corrected chi connectivity index (χ1v) is 7.20. The molecule has 1 aliphatic carbocycles. The SMILES string of the molecule is COC1CCC(NC(=O)c2cc(Br)cc(N)c2C)C1. The Balaban J connectivity index is 2.08. The Hall–Kier alpha value is -1.07. The van der Waals surface area contributed by atoms with E-state index in [2.05, 4.69) is 21.2 Å². The summed E-state index contributed by atoms with van der Waals surface area (Å²) >= 11 is 3.37. The van der Waals surface area contributed by atoms with Crippen LogP contribution in [0.2, 0.25) is 0 Å². The van der Waals surface area contributed by atoms with Crippen LogP contribution < -0.4 is 11.1 Å². The minimum Gasteiger partial charge on any atom is -0.398 e. The molecule has 5 heteroatoms. The summed E-state index contributed by atoms with van der Waals surface area (Å²) in [4.78, 5) is 12.3. The van der Waals surface area contributed by atoms with Crippen molar-refractivity contribution in [2.24, 2.45) is 0 Å². The lowest BCUT2D eigenvalue weighted by molar-refractivity contribution is 0.0914. The highest BCUT2D eigenvalue weighted by Gasteiger charge is 2.26. The quantitative estimate of drug-likeness (QED) is 0.839. The summed E-state index contributed by atoms with van der Waals surface area (Å²) in [6.45, 7) is 1.86. The third kappa shape index (κ3) is 3.28. The molecule has 0 bridgehead atoms. The van der Waals surface area contributed by atoms with Crippen molar-refractivity contribution in [2.45, 2.75) is 38.3 Å². The number of ether oxygens (including phenoxy) is 1. The number of carbonyl (C=O) groups excluding carboxylic acids is 1. The molecule has 104 valence electrons. The summed E-state index contributed by atoms with van der Waals surface area (Å²) in [5.41, 5.74) is 7.96. The largest absolute Gasteiger partial charge is 0.398 e. The maximum Gasteiger partial charge on any atom is 0.251 e. The Labute approximate surface area is 121 Å². The van der Waals surface area contributed by atoms with Crippen LogP contribution in [-0.2, 0) is 4.74 Å². The molecule has 1 aliphatic rings. The van der Waals surface area contributed by atoms with Crippen molar-refractivity contribution in [1.29, 1.82) is 0 Å². The zero-order valence-corrected chi connectivity index (χ0v) is 12.8. The molecule has 2 atom stereocenters. The first-order valence-electron chi connectivity index (χ1n) is 6.40. The van der Waals surface area contributed by atoms with Crippen LogP contribution in [0.5, 0.6) is 0 Å². The zero-order chi connectivity index (χ0) is 14.0. The number of amides is 1. The lowest BCUT2D eigenvalue weighted by Gasteiger charge is -2.15. The van der Waals surface area contributed by atoms with Crippen LogP contribution in [0.25, 0.3) is 0 Å². The number of carbonyl (C=O) groups is 1. The molecule has 1 aromatic rings. The van der Waals surface area contributed by atoms with Crippen LogP contribution >= 0.6 is 15.9 Å². The van der Waals surface area contributed by atoms with Crippen LogP contribution in [0.1, 0.15) is 35.2 Å². The average Bonchev–Trinajstić information content (AvgIpc) is 2.81. The van der Waals surface area contributed by atoms with Gasteiger partial charge in [0.1, 0.15) is 0 Å². The van der Waals surface area contributed by atoms with Gasteiger partial charge < -0.3 is 15.8 Å². The molecule has 2 rings (SSSR count). The smallest absolute Gasteiger partial charge is 0.251 e. The zero-order valence-electron chi connectivity index (χ0n) is 11.2. The molecule has 3 N–H and O–H groups in total. The minimum absolute atomic E-state index is 0.0627. The number of halogens is 1. The molecular formula is C14H19BrN2O2. The number of hydrogen-bond acceptors (Lipinski definition) is 3. The van der Waals surface area contributed by atoms with Gasteiger partial charge in [-0.1, -0.05) is 15.9 Å². The fraction of sp³-hybridized carbons (Fsp3) is 0.500. The normalized spacial score (nSPS) is 22.5. The first kappa shape index (κ1) is 14.3. The predicted octanol–water partition coefficient (Wildman–Crippen LogP) is 2.64. The van der Waals surface area contributed by atoms with E-state index in [0.717, 1.165) is 29.3 Å². The van der Waals surface area contributed by atoms with Crippen molar-refractivity contribution < 1.29 is 9.53 Å². The molecule has 1 aromatic carbocycles. The summed E-state index contributed by atoms with van der Waals surface area (Å²) < 4.78 is 6.13. The highest BCUT2D eigenvalue weighted by molar-refractivity contribution is 9.10. The van der Waals surface area contributed by atoms with Crippen LogP contribution in [0.3, 0.4) is 0 Å². The van der Waals surface area contributed by atoms with Gasteiger partial charge in [0.15, 0.2) is 0 Å². The van der Waals surface area contributed by atoms with Gasteiger partial charge in [-0.25, -0.2) is 0 Å². The van der Waals surface area contributed by atoms with E-state index in [1.165, 1.54) is 0 Å². The van der Waals surface area contributed by atoms with E-state index in [1.54, 1.807) is 7.11 Å². The van der Waals surface area contributed by atoms with Crippen LogP contribution in [0, 0.1) is 6.92 Å². The Morgan fingerprint density at radius 1 is 1.47 bits per heavy atom. The molecule has 4 nitrogen and oxygen atoms in total. The fourth-order valence-electron chi connectivity index (χ4n) is 2.48. The van der Waals surface area contributed by atoms with E-state index in [-0.39, 0.29) is 18.1 Å². The number of anilines is 1. The second-order valence-electron chi connectivity index (χ2n) is 5.01. The molecule has 0 aromatic heterocycles. The topological polar surface area (TPSA) is 64.3 Å². The van der Waals surface area contributed by atoms with Crippen molar-refractivity contribution in [3.63, 3.8) is 0 Å². The molecule has 0 aliphatic heterocycles. The predicted molar refractivity (Wildman–Crippen MR) is 79.2 cm³/mol. The van der Waals surface area contributed by atoms with E-state index in [9.17, 15) is 4.79 Å². The van der Waals surface area contributed by atoms with Gasteiger partial charge in [-0.05, 0) is 43.9 Å². The molecule has 0 heterocycles. The van der Waals surface area contributed by atoms with E-state index >= 15 is 0 Å². The monoisotopic (exact) mass is 326 g/mol. The maximum absolute atomic E-state index is 12.3. The van der Waals surface area contributed by atoms with Gasteiger partial charge in [-0.3, -0.25) is 4.79 Å². The lowest BCUT2D eigenvalue weighted by atomic mass is 10.1. The summed E-state index contributed by atoms with van der Waals surface area (Å²) in [5, 5.41) is 3.06. The van der Waals surface area contributed by atoms with Gasteiger partial charge in [0.05, 0.1) is 6.10 Å². The number of nitrogens with one attached hydrogen (secondary N) is 1. The summed E-state index contributed by atoms with van der Waals surface area (Å²) in [5.74, 6) is -0.0627. The van der Waals surface area contributed by atoms with Crippen LogP contribution in [0.4, 0.5) is 5.69 Å². The Morgan fingerprint density at radius 3 is 2.84 bits per heavy atom. The number of methoxy groups -OCH3 is 1. The Bertz CT molecular complexity index is 491. The van der Waals surface area contributed by atoms with Gasteiger partial charge in [0.2, 0.25) is 0 Å². The van der Waals surface area contributed by atoms with Crippen molar-refractivity contribution in [3.8, 4) is 0 Å². The molecule has 1 saturated carbocycles. The van der Waals surface area contributed by atoms with Crippen LogP contribution in [-0.4, -0.2) is 25.2 Å². The molecule has 1 fully saturated rings. The molecule has 0 saturated heterocycles. The maximum atomic E-state index is 12.3. The number of nitrogens with two attached hydrogens (primary N) is 1. The van der Waals surface area contributed by atoms with Gasteiger partial charge in [-0.15, -0.1) is 0 Å². The fourth-order valence-corrected chi connectivity index (χ4v) is 2.96. The minimum atomic E-state index is -0.0627. The number of nitrogen functional groups attached to an aromatic ring is 1. The molecule has 0 radical (unpaired) electrons. The molecular weight excluding hydrogens is 308 g/mol. The van der Waals surface area contributed by atoms with Crippen molar-refractivity contribution in [2.75, 3.05) is 12.8 Å². The second kappa shape index (κ2) is 5.92. The van der Waals surface area contributed by atoms with E-state index in [4.69, 9.17) is 10.5 Å². The highest BCUT2D eigenvalue weighted by atomic mass is 79.9. The van der Waals surface area contributed by atoms with E-state index in [1.807, 2.05) is 19.1 Å². The Morgan fingerprint density at radius 2 is 2.21 bits per heavy atom. The van der Waals surface area contributed by atoms with Gasteiger partial charge >= 0.3 is 0 Å². The van der Waals surface area contributed by atoms with Gasteiger partial charge in [0, 0.05) is 28.9 Å². The number of hydrogen-bond donors (Lipinski definition) is 2. The number of benzene rings is 1. The first-order chi connectivity index (χ1) is 9.01. The van der Waals surface area contributed by atoms with Crippen molar-refractivity contribution >= 4 is 27.5 Å². The van der Waals surface area contributed by atoms with E-state index < -0.39 is 0 Å². The lowest BCUT2D eigenvalue weighted by Crippen LogP contribution is -2.34. The third-order valence-corrected chi connectivity index (χ3v) is 4.17. The highest BCUT2D eigenvalue weighted by Crippen LogP contribution is 2.25. The van der Waals surface area contributed by atoms with Gasteiger partial charge in [0.25, 0.3) is 5.91 Å². The Kier molecular flexibility index (Phi) is 4.47. The van der Waals surface area contributed by atoms with E-state index in [0.29, 0.717) is 11.3 Å². The molecule has 1 amide bonds. The average molecular weight is 327 g/mol. The third-order valence-electron chi connectivity index (χ3n) is 3.71. The summed E-state index contributed by atoms with van der Waals surface area (Å²) in [6.07, 6.45) is 3.11. The molecule has 19 heavy (non-hydrogen) atoms. The van der Waals surface area contributed by atoms with Gasteiger partial charge in [-0.2, -0.15) is 0 Å². The summed E-state index contributed by atoms with van der Waals surface area (Å²) in [7, 11) is 1.72.